The van der Waals surface area contributed by atoms with Gasteiger partial charge in [0.15, 0.2) is 11.6 Å². The number of rotatable bonds is 10. The van der Waals surface area contributed by atoms with Crippen LogP contribution in [0.5, 0.6) is 11.6 Å². The molecule has 0 spiro atoms. The first-order valence-corrected chi connectivity index (χ1v) is 11.8. The Bertz CT molecular complexity index is 1470. The summed E-state index contributed by atoms with van der Waals surface area (Å²) < 4.78 is 40.8. The highest BCUT2D eigenvalue weighted by atomic mass is 19.1. The monoisotopic (exact) mass is 521 g/mol. The Morgan fingerprint density at radius 1 is 1.03 bits per heavy atom. The number of ether oxygens (including phenoxy) is 2. The van der Waals surface area contributed by atoms with Gasteiger partial charge in [0.05, 0.1) is 31.2 Å². The maximum atomic E-state index is 15.1. The normalized spacial score (nSPS) is 10.8. The number of aryl methyl sites for hydroxylation is 1. The first-order chi connectivity index (χ1) is 18.3. The van der Waals surface area contributed by atoms with E-state index in [4.69, 9.17) is 9.47 Å². The second kappa shape index (κ2) is 11.6. The lowest BCUT2D eigenvalue weighted by molar-refractivity contribution is 0.0692. The number of carboxylic acid groups (broad SMARTS) is 1. The van der Waals surface area contributed by atoms with Crippen molar-refractivity contribution in [2.45, 2.75) is 26.8 Å². The molecule has 0 saturated carbocycles. The third-order valence-corrected chi connectivity index (χ3v) is 5.69. The Hall–Kier alpha value is -4.67. The van der Waals surface area contributed by atoms with Gasteiger partial charge in [-0.25, -0.2) is 29.1 Å². The van der Waals surface area contributed by atoms with E-state index in [-0.39, 0.29) is 23.8 Å². The maximum Gasteiger partial charge on any atom is 0.338 e. The molecule has 0 aliphatic carbocycles. The molecule has 0 unspecified atom stereocenters. The van der Waals surface area contributed by atoms with Crippen LogP contribution in [-0.2, 0) is 13.0 Å². The second-order valence-corrected chi connectivity index (χ2v) is 8.09. The molecule has 1 aromatic carbocycles. The predicted octanol–water partition coefficient (Wildman–Crippen LogP) is 5.16. The van der Waals surface area contributed by atoms with Crippen molar-refractivity contribution in [2.24, 2.45) is 0 Å². The zero-order chi connectivity index (χ0) is 27.2. The lowest BCUT2D eigenvalue weighted by Crippen LogP contribution is -2.09. The average Bonchev–Trinajstić information content (AvgIpc) is 2.93. The van der Waals surface area contributed by atoms with E-state index in [1.807, 2.05) is 32.0 Å². The molecule has 0 radical (unpaired) electrons. The number of nitrogens with zero attached hydrogens (tertiary/aromatic N) is 4. The summed E-state index contributed by atoms with van der Waals surface area (Å²) in [5.74, 6) is -2.82. The molecule has 0 aliphatic heterocycles. The first kappa shape index (κ1) is 26.4. The molecular formula is C27H25F2N5O4. The van der Waals surface area contributed by atoms with Crippen LogP contribution in [-0.4, -0.2) is 44.7 Å². The molecule has 3 aromatic heterocycles. The number of carbonyl (C=O) groups is 1. The largest absolute Gasteiger partial charge is 0.496 e. The summed E-state index contributed by atoms with van der Waals surface area (Å²) in [5, 5.41) is 12.4. The van der Waals surface area contributed by atoms with Crippen LogP contribution in [0, 0.1) is 11.8 Å². The van der Waals surface area contributed by atoms with Gasteiger partial charge in [0.1, 0.15) is 17.1 Å². The number of benzene rings is 1. The molecule has 0 saturated heterocycles. The van der Waals surface area contributed by atoms with Gasteiger partial charge in [-0.2, -0.15) is 4.39 Å². The Labute approximate surface area is 217 Å². The minimum Gasteiger partial charge on any atom is -0.496 e. The minimum atomic E-state index is -1.51. The fraction of sp³-hybridized carbons (Fsp3) is 0.222. The van der Waals surface area contributed by atoms with Gasteiger partial charge in [-0.05, 0) is 37.1 Å². The smallest absolute Gasteiger partial charge is 0.338 e. The number of hydrogen-bond donors (Lipinski definition) is 2. The summed E-state index contributed by atoms with van der Waals surface area (Å²) in [6.07, 6.45) is 3.39. The van der Waals surface area contributed by atoms with Crippen LogP contribution in [0.15, 0.2) is 48.8 Å². The molecule has 2 N–H and O–H groups in total. The van der Waals surface area contributed by atoms with Gasteiger partial charge in [0.25, 0.3) is 5.95 Å². The van der Waals surface area contributed by atoms with Crippen molar-refractivity contribution in [3.63, 3.8) is 0 Å². The Kier molecular flexibility index (Phi) is 8.05. The third-order valence-electron chi connectivity index (χ3n) is 5.69. The number of halogens is 2. The third kappa shape index (κ3) is 5.66. The standard InChI is InChI=1S/C27H25F2N5O4/c1-4-15-6-7-17(21(10-15)37-3)13-31-26-25(29)34-20(14-32-26)24-23(28)18(27(35)36)11-19(33-24)16-8-9-22(30-12-16)38-5-2/h6-12,14H,4-5,13H2,1-3H3,(H,31,32)(H,35,36). The van der Waals surface area contributed by atoms with Crippen molar-refractivity contribution in [1.82, 2.24) is 19.9 Å². The van der Waals surface area contributed by atoms with Gasteiger partial charge in [-0.1, -0.05) is 19.1 Å². The molecule has 196 valence electrons. The summed E-state index contributed by atoms with van der Waals surface area (Å²) >= 11 is 0. The summed E-state index contributed by atoms with van der Waals surface area (Å²) in [5.41, 5.74) is 1.03. The SMILES string of the molecule is CCOc1ccc(-c2cc(C(=O)O)c(F)c(-c3cnc(NCc4ccc(CC)cc4OC)c(F)n3)n2)cn1. The van der Waals surface area contributed by atoms with Crippen LogP contribution < -0.4 is 14.8 Å². The number of hydrogen-bond acceptors (Lipinski definition) is 8. The number of anilines is 1. The van der Waals surface area contributed by atoms with E-state index in [0.717, 1.165) is 29.8 Å². The van der Waals surface area contributed by atoms with E-state index >= 15 is 4.39 Å². The zero-order valence-electron chi connectivity index (χ0n) is 21.0. The summed E-state index contributed by atoms with van der Waals surface area (Å²) in [6.45, 7) is 4.46. The molecule has 11 heteroatoms. The molecule has 38 heavy (non-hydrogen) atoms. The van der Waals surface area contributed by atoms with Gasteiger partial charge >= 0.3 is 5.97 Å². The maximum absolute atomic E-state index is 15.1. The van der Waals surface area contributed by atoms with Gasteiger partial charge in [-0.3, -0.25) is 0 Å². The van der Waals surface area contributed by atoms with Crippen molar-refractivity contribution >= 4 is 11.8 Å². The second-order valence-electron chi connectivity index (χ2n) is 8.09. The van der Waals surface area contributed by atoms with Crippen LogP contribution in [0.25, 0.3) is 22.6 Å². The number of carboxylic acids is 1. The molecule has 9 nitrogen and oxygen atoms in total. The fourth-order valence-electron chi connectivity index (χ4n) is 3.70. The van der Waals surface area contributed by atoms with E-state index in [1.54, 1.807) is 19.2 Å². The van der Waals surface area contributed by atoms with E-state index in [1.165, 1.54) is 6.20 Å². The predicted molar refractivity (Wildman–Crippen MR) is 136 cm³/mol. The number of aromatic carboxylic acids is 1. The molecule has 4 aromatic rings. The van der Waals surface area contributed by atoms with Crippen LogP contribution >= 0.6 is 0 Å². The van der Waals surface area contributed by atoms with Gasteiger partial charge in [-0.15, -0.1) is 0 Å². The van der Waals surface area contributed by atoms with Gasteiger partial charge < -0.3 is 19.9 Å². The van der Waals surface area contributed by atoms with Crippen molar-refractivity contribution in [1.29, 1.82) is 0 Å². The molecule has 0 atom stereocenters. The van der Waals surface area contributed by atoms with Crippen LogP contribution in [0.2, 0.25) is 0 Å². The van der Waals surface area contributed by atoms with Gasteiger partial charge in [0, 0.05) is 29.9 Å². The van der Waals surface area contributed by atoms with E-state index in [2.05, 4.69) is 25.3 Å². The van der Waals surface area contributed by atoms with Crippen molar-refractivity contribution in [3.05, 3.63) is 77.2 Å². The highest BCUT2D eigenvalue weighted by Gasteiger charge is 2.22. The van der Waals surface area contributed by atoms with Crippen molar-refractivity contribution < 1.29 is 28.2 Å². The highest BCUT2D eigenvalue weighted by molar-refractivity contribution is 5.91. The summed E-state index contributed by atoms with van der Waals surface area (Å²) in [4.78, 5) is 27.9. The summed E-state index contributed by atoms with van der Waals surface area (Å²) in [6, 6.07) is 9.99. The highest BCUT2D eigenvalue weighted by Crippen LogP contribution is 2.29. The summed E-state index contributed by atoms with van der Waals surface area (Å²) in [7, 11) is 1.55. The Balaban J connectivity index is 1.65. The van der Waals surface area contributed by atoms with E-state index in [9.17, 15) is 14.3 Å². The number of aromatic nitrogens is 4. The average molecular weight is 522 g/mol. The Morgan fingerprint density at radius 2 is 1.84 bits per heavy atom. The molecule has 0 aliphatic rings. The zero-order valence-corrected chi connectivity index (χ0v) is 21.0. The van der Waals surface area contributed by atoms with E-state index in [0.29, 0.717) is 23.8 Å². The fourth-order valence-corrected chi connectivity index (χ4v) is 3.70. The number of methoxy groups -OCH3 is 1. The lowest BCUT2D eigenvalue weighted by atomic mass is 10.1. The molecular weight excluding hydrogens is 496 g/mol. The molecule has 3 heterocycles. The quantitative estimate of drug-likeness (QED) is 0.292. The first-order valence-electron chi connectivity index (χ1n) is 11.8. The molecule has 0 amide bonds. The number of nitrogens with one attached hydrogen (secondary N) is 1. The Morgan fingerprint density at radius 3 is 2.47 bits per heavy atom. The molecule has 4 rings (SSSR count). The van der Waals surface area contributed by atoms with Crippen LogP contribution in [0.1, 0.15) is 35.3 Å². The van der Waals surface area contributed by atoms with E-state index < -0.39 is 29.0 Å². The van der Waals surface area contributed by atoms with Gasteiger partial charge in [0.2, 0.25) is 5.88 Å². The minimum absolute atomic E-state index is 0.112. The van der Waals surface area contributed by atoms with Crippen molar-refractivity contribution in [2.75, 3.05) is 19.0 Å². The topological polar surface area (TPSA) is 119 Å². The lowest BCUT2D eigenvalue weighted by Gasteiger charge is -2.13. The van der Waals surface area contributed by atoms with Crippen LogP contribution in [0.3, 0.4) is 0 Å². The number of pyridine rings is 2. The van der Waals surface area contributed by atoms with Crippen LogP contribution in [0.4, 0.5) is 14.6 Å². The molecule has 0 bridgehead atoms. The van der Waals surface area contributed by atoms with Crippen molar-refractivity contribution in [3.8, 4) is 34.3 Å². The molecule has 0 fully saturated rings.